The van der Waals surface area contributed by atoms with Crippen LogP contribution >= 0.6 is 36.2 Å². The second-order valence-corrected chi connectivity index (χ2v) is 24.1. The summed E-state index contributed by atoms with van der Waals surface area (Å²) in [4.78, 5) is 103. The molecule has 4 heterocycles. The predicted molar refractivity (Wildman–Crippen MR) is 342 cm³/mol. The maximum Gasteiger partial charge on any atom is 0.251 e. The van der Waals surface area contributed by atoms with E-state index in [1.807, 2.05) is 31.2 Å². The van der Waals surface area contributed by atoms with Crippen LogP contribution in [0.3, 0.4) is 0 Å². The molecule has 1 unspecified atom stereocenters. The number of methoxy groups -OCH3 is 1. The molecule has 0 spiro atoms. The van der Waals surface area contributed by atoms with Gasteiger partial charge in [-0.2, -0.15) is 0 Å². The molecular formula is C61H87Cl2N11O17S. The van der Waals surface area contributed by atoms with Gasteiger partial charge in [-0.15, -0.1) is 35.0 Å². The first-order valence-electron chi connectivity index (χ1n) is 30.3. The van der Waals surface area contributed by atoms with Crippen LogP contribution in [0.5, 0.6) is 17.2 Å². The molecule has 3 fully saturated rings. The highest BCUT2D eigenvalue weighted by Gasteiger charge is 2.50. The number of benzene rings is 3. The van der Waals surface area contributed by atoms with Crippen LogP contribution in [0.2, 0.25) is 0 Å². The number of carbonyl (C=O) groups is 7. The number of carbonyl (C=O) groups excluding carboxylic acids is 7. The zero-order valence-corrected chi connectivity index (χ0v) is 54.1. The number of fused-ring (bicyclic) bond motifs is 2. The number of phenolic OH excluding ortho intramolecular Hbond substituents is 1. The molecule has 508 valence electrons. The average Bonchev–Trinajstić information content (AvgIpc) is 1.67. The van der Waals surface area contributed by atoms with Gasteiger partial charge in [0.1, 0.15) is 52.0 Å². The van der Waals surface area contributed by atoms with Crippen LogP contribution in [0.4, 0.5) is 0 Å². The van der Waals surface area contributed by atoms with Gasteiger partial charge in [-0.25, -0.2) is 0 Å². The van der Waals surface area contributed by atoms with E-state index in [4.69, 9.17) is 25.7 Å². The van der Waals surface area contributed by atoms with Gasteiger partial charge < -0.3 is 97.8 Å². The highest BCUT2D eigenvalue weighted by molar-refractivity contribution is 7.17. The molecule has 0 radical (unpaired) electrons. The van der Waals surface area contributed by atoms with E-state index >= 15 is 0 Å². The van der Waals surface area contributed by atoms with Crippen molar-refractivity contribution in [3.8, 4) is 38.4 Å². The minimum Gasteiger partial charge on any atom is -0.504 e. The number of halogens is 2. The Morgan fingerprint density at radius 1 is 0.707 bits per heavy atom. The lowest BCUT2D eigenvalue weighted by atomic mass is 9.98. The summed E-state index contributed by atoms with van der Waals surface area (Å²) in [6.07, 6.45) is -7.23. The van der Waals surface area contributed by atoms with Gasteiger partial charge in [0.05, 0.1) is 55.9 Å². The van der Waals surface area contributed by atoms with Gasteiger partial charge >= 0.3 is 0 Å². The minimum absolute atomic E-state index is 0. The van der Waals surface area contributed by atoms with E-state index < -0.39 is 152 Å². The van der Waals surface area contributed by atoms with E-state index in [-0.39, 0.29) is 86.2 Å². The highest BCUT2D eigenvalue weighted by atomic mass is 35.5. The number of aromatic hydroxyl groups is 1. The van der Waals surface area contributed by atoms with Crippen LogP contribution in [-0.4, -0.2) is 229 Å². The molecule has 1 aromatic heterocycles. The number of rotatable bonds is 23. The molecule has 3 saturated heterocycles. The van der Waals surface area contributed by atoms with Crippen molar-refractivity contribution in [3.63, 3.8) is 0 Å². The summed E-state index contributed by atoms with van der Waals surface area (Å²) in [6.45, 7) is 4.01. The van der Waals surface area contributed by atoms with Gasteiger partial charge in [0.25, 0.3) is 5.91 Å². The zero-order chi connectivity index (χ0) is 65.3. The number of nitrogens with zero attached hydrogens (tertiary/aromatic N) is 4. The van der Waals surface area contributed by atoms with Gasteiger partial charge in [0.2, 0.25) is 35.4 Å². The third-order valence-corrected chi connectivity index (χ3v) is 17.2. The minimum atomic E-state index is -2.04. The fourth-order valence-electron chi connectivity index (χ4n) is 10.9. The molecule has 0 saturated carbocycles. The molecule has 7 rings (SSSR count). The maximum absolute atomic E-state index is 14.7. The Morgan fingerprint density at radius 3 is 1.98 bits per heavy atom. The van der Waals surface area contributed by atoms with E-state index in [0.29, 0.717) is 28.6 Å². The van der Waals surface area contributed by atoms with Crippen LogP contribution in [0.1, 0.15) is 88.1 Å². The second kappa shape index (κ2) is 36.0. The monoisotopic (exact) mass is 1350 g/mol. The van der Waals surface area contributed by atoms with Gasteiger partial charge in [0.15, 0.2) is 11.5 Å². The number of nitrogens with two attached hydrogens (primary N) is 2. The van der Waals surface area contributed by atoms with Crippen molar-refractivity contribution in [1.82, 2.24) is 46.6 Å². The normalized spacial score (nSPS) is 24.8. The first-order valence-corrected chi connectivity index (χ1v) is 31.1. The van der Waals surface area contributed by atoms with E-state index in [9.17, 15) is 69.3 Å². The number of unbranched alkanes of at least 4 members (excludes halogenated alkanes) is 2. The van der Waals surface area contributed by atoms with Crippen molar-refractivity contribution in [1.29, 1.82) is 0 Å². The fraction of sp³-hybridized carbons (Fsp3) is 0.557. The molecule has 3 aliphatic heterocycles. The van der Waals surface area contributed by atoms with Crippen LogP contribution < -0.4 is 47.5 Å². The van der Waals surface area contributed by atoms with Crippen molar-refractivity contribution < 1.29 is 83.5 Å². The lowest BCUT2D eigenvalue weighted by Gasteiger charge is -2.34. The number of aliphatic hydroxyl groups is 6. The Bertz CT molecular complexity index is 3080. The molecule has 16 N–H and O–H groups in total. The molecule has 14 atom stereocenters. The molecule has 92 heavy (non-hydrogen) atoms. The number of aromatic nitrogens is 2. The molecule has 0 aliphatic carbocycles. The molecule has 3 aliphatic rings. The van der Waals surface area contributed by atoms with Crippen molar-refractivity contribution in [2.45, 2.75) is 158 Å². The van der Waals surface area contributed by atoms with Gasteiger partial charge in [-0.1, -0.05) is 42.9 Å². The Hall–Kier alpha value is -6.87. The van der Waals surface area contributed by atoms with Gasteiger partial charge in [-0.3, -0.25) is 33.6 Å². The second-order valence-electron chi connectivity index (χ2n) is 23.1. The summed E-state index contributed by atoms with van der Waals surface area (Å²) in [7, 11) is 1.71. The summed E-state index contributed by atoms with van der Waals surface area (Å²) in [5.41, 5.74) is 13.1. The van der Waals surface area contributed by atoms with Gasteiger partial charge in [-0.05, 0) is 113 Å². The van der Waals surface area contributed by atoms with E-state index in [2.05, 4.69) is 36.8 Å². The quantitative estimate of drug-likeness (QED) is 0.0413. The summed E-state index contributed by atoms with van der Waals surface area (Å²) >= 11 is 1.30. The average molecular weight is 1350 g/mol. The zero-order valence-electron chi connectivity index (χ0n) is 51.6. The standard InChI is InChI=1S/C61H85N11O17S.2ClH/c1-32-30-72-51(52(32)79)57(84)64-29-39(74)27-42(65-53(80)36-11-13-37(14-12-36)58-69-70-59(90-58)38-15-17-41(18-16-38)88-23-7-5-6-9-33(2)87-4)54(81)66-48(34(3)73)60(85)71-31-40(75)28-43(71)55(82)67-49(56(83)68-50(61(72)86)45(77)20-22-63)46(78)25-35-10-19-44(76)47(26-35)89-24-8-21-62;;/h10-19,26,32-34,39-40,42-43,45-46,48-52,73-79H,5-9,20-25,27-31,62-63H2,1-4H3,(H,64,84)(H,65,80)(H,66,81)(H,67,82)(H,68,83);2*1H/t32-,33?,34+,39+,40+,42-,43-,45+,46+,48-,49-,50-,51-,52-;;/m0../s1. The Balaban J connectivity index is 0.00000768. The lowest BCUT2D eigenvalue weighted by molar-refractivity contribution is -0.147. The summed E-state index contributed by atoms with van der Waals surface area (Å²) in [6, 6.07) is 6.72. The maximum atomic E-state index is 14.7. The molecule has 0 bridgehead atoms. The SMILES string of the molecule is COC(C)CCCCCOc1ccc(-c2nnc(-c3ccc(C(=O)N[C@H]4C[C@@H](O)CNC(=O)[C@@H]5[C@@H](O)[C@@H](C)CN5C(=O)[C@H]([C@H](O)CCN)NC(=O)[C@H]([C@H](O)Cc5ccc(O)c(OCCCN)c5)NC(=O)[C@@H]5C[C@@H](O)CN5C(=O)[C@H]([C@@H](C)O)NC4=O)cc3)s2)cc1.Cl.Cl. The molecular weight excluding hydrogens is 1260 g/mol. The predicted octanol–water partition coefficient (Wildman–Crippen LogP) is -0.580. The Kier molecular flexibility index (Phi) is 29.7. The van der Waals surface area contributed by atoms with E-state index in [1.54, 1.807) is 19.2 Å². The van der Waals surface area contributed by atoms with Crippen LogP contribution in [0.15, 0.2) is 66.7 Å². The largest absolute Gasteiger partial charge is 0.504 e. The number of β-amino-alcohol motifs (C(OH)–C–C–N with tert-alkyl or cyclic N) is 1. The first kappa shape index (κ1) is 75.8. The third-order valence-electron chi connectivity index (χ3n) is 16.1. The molecule has 28 nitrogen and oxygen atoms in total. The Morgan fingerprint density at radius 2 is 1.34 bits per heavy atom. The van der Waals surface area contributed by atoms with Crippen molar-refractivity contribution in [2.75, 3.05) is 53.0 Å². The molecule has 31 heteroatoms. The number of hydrogen-bond donors (Lipinski definition) is 14. The smallest absolute Gasteiger partial charge is 0.251 e. The number of hydrogen-bond acceptors (Lipinski definition) is 22. The Labute approximate surface area is 549 Å². The summed E-state index contributed by atoms with van der Waals surface area (Å²) in [5, 5.41) is 101. The molecule has 4 aromatic rings. The summed E-state index contributed by atoms with van der Waals surface area (Å²) in [5.74, 6) is -7.88. The third kappa shape index (κ3) is 20.1. The van der Waals surface area contributed by atoms with E-state index in [0.717, 1.165) is 53.7 Å². The lowest BCUT2D eigenvalue weighted by Crippen LogP contribution is -2.64. The molecule has 7 amide bonds. The fourth-order valence-corrected chi connectivity index (χ4v) is 11.7. The number of amides is 7. The van der Waals surface area contributed by atoms with Crippen molar-refractivity contribution in [2.24, 2.45) is 17.4 Å². The van der Waals surface area contributed by atoms with Crippen LogP contribution in [0, 0.1) is 5.92 Å². The van der Waals surface area contributed by atoms with Crippen molar-refractivity contribution >= 4 is 77.5 Å². The number of ether oxygens (including phenoxy) is 3. The topological polar surface area (TPSA) is 433 Å². The summed E-state index contributed by atoms with van der Waals surface area (Å²) < 4.78 is 16.9. The number of aliphatic hydroxyl groups excluding tert-OH is 6. The first-order chi connectivity index (χ1) is 43.0. The molecule has 3 aromatic carbocycles. The van der Waals surface area contributed by atoms with Gasteiger partial charge in [0, 0.05) is 68.6 Å². The highest BCUT2D eigenvalue weighted by Crippen LogP contribution is 2.33. The van der Waals surface area contributed by atoms with Crippen LogP contribution in [0.25, 0.3) is 21.1 Å². The number of nitrogens with one attached hydrogen (secondary N) is 5. The number of phenols is 1. The van der Waals surface area contributed by atoms with E-state index in [1.165, 1.54) is 48.6 Å². The van der Waals surface area contributed by atoms with Crippen molar-refractivity contribution in [3.05, 3.63) is 77.9 Å². The van der Waals surface area contributed by atoms with Crippen LogP contribution in [-0.2, 0) is 39.9 Å².